The summed E-state index contributed by atoms with van der Waals surface area (Å²) < 4.78 is 0. The van der Waals surface area contributed by atoms with Gasteiger partial charge in [-0.25, -0.2) is 0 Å². The van der Waals surface area contributed by atoms with Gasteiger partial charge in [-0.2, -0.15) is 0 Å². The zero-order valence-corrected chi connectivity index (χ0v) is 16.2. The van der Waals surface area contributed by atoms with Crippen molar-refractivity contribution in [1.82, 2.24) is 0 Å². The molecule has 3 N–H and O–H groups in total. The Kier molecular flexibility index (Phi) is 6.95. The summed E-state index contributed by atoms with van der Waals surface area (Å²) in [5.74, 6) is -1.59. The lowest BCUT2D eigenvalue weighted by molar-refractivity contribution is -0.136. The van der Waals surface area contributed by atoms with Crippen molar-refractivity contribution in [3.05, 3.63) is 102 Å². The smallest absolute Gasteiger partial charge is 0.303 e. The SMILES string of the molecule is O=C(O)CCC(=NO)c1ccc(NC(=O)C(c2ccccc2)c2ccccc2)cc1. The van der Waals surface area contributed by atoms with Crippen molar-refractivity contribution in [2.45, 2.75) is 18.8 Å². The van der Waals surface area contributed by atoms with Crippen LogP contribution >= 0.6 is 0 Å². The first-order chi connectivity index (χ1) is 14.6. The molecule has 3 rings (SSSR count). The molecule has 3 aromatic rings. The van der Waals surface area contributed by atoms with Crippen LogP contribution in [0.15, 0.2) is 90.1 Å². The van der Waals surface area contributed by atoms with Gasteiger partial charge in [0.25, 0.3) is 0 Å². The van der Waals surface area contributed by atoms with Gasteiger partial charge in [0.2, 0.25) is 5.91 Å². The van der Waals surface area contributed by atoms with Crippen molar-refractivity contribution < 1.29 is 19.9 Å². The molecule has 0 spiro atoms. The van der Waals surface area contributed by atoms with Gasteiger partial charge in [-0.3, -0.25) is 9.59 Å². The van der Waals surface area contributed by atoms with Gasteiger partial charge in [0.05, 0.1) is 18.1 Å². The fraction of sp³-hybridized carbons (Fsp3) is 0.125. The first-order valence-electron chi connectivity index (χ1n) is 9.52. The Morgan fingerprint density at radius 2 is 1.33 bits per heavy atom. The van der Waals surface area contributed by atoms with E-state index in [1.165, 1.54) is 0 Å². The standard InChI is InChI=1S/C24H22N2O4/c27-22(28)16-15-21(26-30)17-11-13-20(14-12-17)25-24(29)23(18-7-3-1-4-8-18)19-9-5-2-6-10-19/h1-14,23,30H,15-16H2,(H,25,29)(H,27,28). The van der Waals surface area contributed by atoms with Gasteiger partial charge in [-0.05, 0) is 28.8 Å². The second-order valence-corrected chi connectivity index (χ2v) is 6.76. The molecule has 0 fully saturated rings. The Balaban J connectivity index is 1.78. The molecule has 0 aliphatic carbocycles. The quantitative estimate of drug-likeness (QED) is 0.293. The Bertz CT molecular complexity index is 977. The van der Waals surface area contributed by atoms with Crippen molar-refractivity contribution in [2.75, 3.05) is 5.32 Å². The fourth-order valence-corrected chi connectivity index (χ4v) is 3.22. The molecule has 30 heavy (non-hydrogen) atoms. The van der Waals surface area contributed by atoms with E-state index in [4.69, 9.17) is 10.3 Å². The molecule has 0 saturated heterocycles. The summed E-state index contributed by atoms with van der Waals surface area (Å²) in [4.78, 5) is 23.9. The minimum atomic E-state index is -0.965. The second-order valence-electron chi connectivity index (χ2n) is 6.76. The van der Waals surface area contributed by atoms with Gasteiger partial charge in [-0.15, -0.1) is 0 Å². The molecule has 6 heteroatoms. The molecule has 152 valence electrons. The Morgan fingerprint density at radius 3 is 1.80 bits per heavy atom. The number of amides is 1. The molecule has 1 amide bonds. The van der Waals surface area contributed by atoms with E-state index in [0.29, 0.717) is 11.3 Å². The van der Waals surface area contributed by atoms with Crippen LogP contribution in [0.1, 0.15) is 35.4 Å². The van der Waals surface area contributed by atoms with E-state index in [2.05, 4.69) is 10.5 Å². The number of hydrogen-bond acceptors (Lipinski definition) is 4. The van der Waals surface area contributed by atoms with Gasteiger partial charge in [-0.1, -0.05) is 78.0 Å². The molecule has 0 radical (unpaired) electrons. The van der Waals surface area contributed by atoms with Crippen LogP contribution in [0.25, 0.3) is 0 Å². The number of hydrogen-bond donors (Lipinski definition) is 3. The Labute approximate surface area is 174 Å². The average molecular weight is 402 g/mol. The summed E-state index contributed by atoms with van der Waals surface area (Å²) in [5, 5.41) is 24.1. The fourth-order valence-electron chi connectivity index (χ4n) is 3.22. The largest absolute Gasteiger partial charge is 0.481 e. The summed E-state index contributed by atoms with van der Waals surface area (Å²) in [6.45, 7) is 0. The number of carbonyl (C=O) groups is 2. The second kappa shape index (κ2) is 10.0. The van der Waals surface area contributed by atoms with Crippen molar-refractivity contribution in [1.29, 1.82) is 0 Å². The minimum absolute atomic E-state index is 0.113. The highest BCUT2D eigenvalue weighted by atomic mass is 16.4. The van der Waals surface area contributed by atoms with Crippen molar-refractivity contribution >= 4 is 23.3 Å². The molecule has 0 unspecified atom stereocenters. The highest BCUT2D eigenvalue weighted by Gasteiger charge is 2.22. The van der Waals surface area contributed by atoms with Crippen LogP contribution in [0.4, 0.5) is 5.69 Å². The van der Waals surface area contributed by atoms with Crippen LogP contribution in [0, 0.1) is 0 Å². The summed E-state index contributed by atoms with van der Waals surface area (Å²) >= 11 is 0. The Hall–Kier alpha value is -3.93. The van der Waals surface area contributed by atoms with Crippen LogP contribution in [0.5, 0.6) is 0 Å². The normalized spacial score (nSPS) is 11.3. The Morgan fingerprint density at radius 1 is 0.800 bits per heavy atom. The molecular weight excluding hydrogens is 380 g/mol. The minimum Gasteiger partial charge on any atom is -0.481 e. The number of aliphatic carboxylic acids is 1. The molecule has 0 bridgehead atoms. The van der Waals surface area contributed by atoms with Crippen molar-refractivity contribution in [3.8, 4) is 0 Å². The van der Waals surface area contributed by atoms with Crippen LogP contribution < -0.4 is 5.32 Å². The average Bonchev–Trinajstić information content (AvgIpc) is 2.77. The number of benzene rings is 3. The van der Waals surface area contributed by atoms with E-state index in [1.54, 1.807) is 24.3 Å². The lowest BCUT2D eigenvalue weighted by atomic mass is 9.90. The van der Waals surface area contributed by atoms with E-state index < -0.39 is 11.9 Å². The van der Waals surface area contributed by atoms with Gasteiger partial charge in [0, 0.05) is 12.1 Å². The molecule has 0 aliphatic rings. The summed E-state index contributed by atoms with van der Waals surface area (Å²) in [7, 11) is 0. The van der Waals surface area contributed by atoms with Gasteiger partial charge in [0.15, 0.2) is 0 Å². The number of oxime groups is 1. The third-order valence-electron chi connectivity index (χ3n) is 4.71. The number of carboxylic acid groups (broad SMARTS) is 1. The third-order valence-corrected chi connectivity index (χ3v) is 4.71. The molecule has 0 aliphatic heterocycles. The maximum Gasteiger partial charge on any atom is 0.303 e. The van der Waals surface area contributed by atoms with E-state index in [-0.39, 0.29) is 24.5 Å². The highest BCUT2D eigenvalue weighted by Crippen LogP contribution is 2.26. The number of carboxylic acids is 1. The van der Waals surface area contributed by atoms with E-state index in [9.17, 15) is 9.59 Å². The molecule has 0 saturated carbocycles. The number of nitrogens with one attached hydrogen (secondary N) is 1. The lowest BCUT2D eigenvalue weighted by Gasteiger charge is -2.18. The van der Waals surface area contributed by atoms with Gasteiger partial charge < -0.3 is 15.6 Å². The lowest BCUT2D eigenvalue weighted by Crippen LogP contribution is -2.22. The molecule has 0 aromatic heterocycles. The highest BCUT2D eigenvalue weighted by molar-refractivity contribution is 6.02. The van der Waals surface area contributed by atoms with Crippen LogP contribution in [0.2, 0.25) is 0 Å². The van der Waals surface area contributed by atoms with E-state index in [0.717, 1.165) is 11.1 Å². The molecule has 0 atom stereocenters. The topological polar surface area (TPSA) is 99.0 Å². The van der Waals surface area contributed by atoms with Gasteiger partial charge in [0.1, 0.15) is 0 Å². The molecule has 6 nitrogen and oxygen atoms in total. The first kappa shape index (κ1) is 20.8. The maximum atomic E-state index is 13.1. The predicted molar refractivity (Wildman–Crippen MR) is 115 cm³/mol. The predicted octanol–water partition coefficient (Wildman–Crippen LogP) is 4.50. The molecular formula is C24H22N2O4. The third kappa shape index (κ3) is 5.32. The van der Waals surface area contributed by atoms with Crippen LogP contribution in [-0.2, 0) is 9.59 Å². The molecule has 0 heterocycles. The van der Waals surface area contributed by atoms with Crippen LogP contribution in [-0.4, -0.2) is 27.9 Å². The zero-order chi connectivity index (χ0) is 21.3. The van der Waals surface area contributed by atoms with E-state index >= 15 is 0 Å². The number of rotatable bonds is 8. The number of nitrogens with zero attached hydrogens (tertiary/aromatic N) is 1. The van der Waals surface area contributed by atoms with E-state index in [1.807, 2.05) is 60.7 Å². The number of anilines is 1. The van der Waals surface area contributed by atoms with Crippen molar-refractivity contribution in [2.24, 2.45) is 5.16 Å². The number of carbonyl (C=O) groups excluding carboxylic acids is 1. The summed E-state index contributed by atoms with van der Waals surface area (Å²) in [5.41, 5.74) is 3.25. The summed E-state index contributed by atoms with van der Waals surface area (Å²) in [6, 6.07) is 25.9. The monoisotopic (exact) mass is 402 g/mol. The zero-order valence-electron chi connectivity index (χ0n) is 16.2. The van der Waals surface area contributed by atoms with Gasteiger partial charge >= 0.3 is 5.97 Å². The summed E-state index contributed by atoms with van der Waals surface area (Å²) in [6.07, 6.45) is -0.0185. The maximum absolute atomic E-state index is 13.1. The molecule has 3 aromatic carbocycles. The van der Waals surface area contributed by atoms with Crippen molar-refractivity contribution in [3.63, 3.8) is 0 Å². The van der Waals surface area contributed by atoms with Crippen LogP contribution in [0.3, 0.4) is 0 Å². The first-order valence-corrected chi connectivity index (χ1v) is 9.52.